The zero-order valence-corrected chi connectivity index (χ0v) is 11.7. The molecular weight excluding hydrogens is 254 g/mol. The van der Waals surface area contributed by atoms with E-state index in [1.807, 2.05) is 54.8 Å². The Morgan fingerprint density at radius 2 is 1.63 bits per heavy atom. The zero-order chi connectivity index (χ0) is 13.5. The average Bonchev–Trinajstić information content (AvgIpc) is 2.49. The van der Waals surface area contributed by atoms with Crippen molar-refractivity contribution >= 4 is 16.9 Å². The fourth-order valence-corrected chi connectivity index (χ4v) is 2.37. The second-order valence-corrected chi connectivity index (χ2v) is 5.04. The van der Waals surface area contributed by atoms with Crippen LogP contribution in [0.3, 0.4) is 0 Å². The van der Waals surface area contributed by atoms with Gasteiger partial charge in [0, 0.05) is 6.54 Å². The van der Waals surface area contributed by atoms with Crippen LogP contribution in [0.4, 0.5) is 0 Å². The van der Waals surface area contributed by atoms with Gasteiger partial charge in [-0.1, -0.05) is 72.4 Å². The van der Waals surface area contributed by atoms with Crippen LogP contribution in [0.1, 0.15) is 17.2 Å². The standard InChI is InChI=1S/C16H17NOS/c1-19-16(18)15(14-10-6-3-7-11-14)17-12-13-8-4-2-5-9-13/h2-11,15,17H,12H2,1H3. The van der Waals surface area contributed by atoms with Crippen molar-refractivity contribution < 1.29 is 4.79 Å². The molecule has 0 fully saturated rings. The summed E-state index contributed by atoms with van der Waals surface area (Å²) < 4.78 is 0. The molecule has 0 aliphatic rings. The molecule has 2 rings (SSSR count). The van der Waals surface area contributed by atoms with Crippen molar-refractivity contribution in [2.24, 2.45) is 0 Å². The molecular formula is C16H17NOS. The normalized spacial score (nSPS) is 12.1. The van der Waals surface area contributed by atoms with Crippen LogP contribution < -0.4 is 5.32 Å². The van der Waals surface area contributed by atoms with E-state index >= 15 is 0 Å². The van der Waals surface area contributed by atoms with Gasteiger partial charge in [-0.15, -0.1) is 0 Å². The van der Waals surface area contributed by atoms with Crippen molar-refractivity contribution in [3.63, 3.8) is 0 Å². The van der Waals surface area contributed by atoms with Gasteiger partial charge in [0.2, 0.25) is 5.12 Å². The number of hydrogen-bond acceptors (Lipinski definition) is 3. The van der Waals surface area contributed by atoms with Gasteiger partial charge in [-0.05, 0) is 17.4 Å². The predicted octanol–water partition coefficient (Wildman–Crippen LogP) is 3.41. The molecule has 3 heteroatoms. The number of carbonyl (C=O) groups is 1. The topological polar surface area (TPSA) is 29.1 Å². The molecule has 0 saturated heterocycles. The van der Waals surface area contributed by atoms with E-state index in [0.29, 0.717) is 6.54 Å². The van der Waals surface area contributed by atoms with E-state index in [9.17, 15) is 4.79 Å². The first kappa shape index (κ1) is 13.8. The summed E-state index contributed by atoms with van der Waals surface area (Å²) in [5, 5.41) is 3.47. The van der Waals surface area contributed by atoms with Gasteiger partial charge in [-0.25, -0.2) is 0 Å². The van der Waals surface area contributed by atoms with Gasteiger partial charge >= 0.3 is 0 Å². The molecule has 0 bridgehead atoms. The molecule has 0 heterocycles. The molecule has 0 aliphatic carbocycles. The zero-order valence-electron chi connectivity index (χ0n) is 10.9. The monoisotopic (exact) mass is 271 g/mol. The van der Waals surface area contributed by atoms with E-state index in [1.165, 1.54) is 17.3 Å². The summed E-state index contributed by atoms with van der Waals surface area (Å²) in [5.74, 6) is 0. The molecule has 2 nitrogen and oxygen atoms in total. The maximum atomic E-state index is 12.0. The average molecular weight is 271 g/mol. The minimum atomic E-state index is -0.253. The van der Waals surface area contributed by atoms with Crippen LogP contribution in [0.15, 0.2) is 60.7 Å². The highest BCUT2D eigenvalue weighted by Crippen LogP contribution is 2.19. The third-order valence-corrected chi connectivity index (χ3v) is 3.56. The molecule has 0 aliphatic heterocycles. The van der Waals surface area contributed by atoms with Crippen LogP contribution in [-0.4, -0.2) is 11.4 Å². The first-order valence-corrected chi connectivity index (χ1v) is 7.44. The summed E-state index contributed by atoms with van der Waals surface area (Å²) in [6.07, 6.45) is 1.82. The third-order valence-electron chi connectivity index (χ3n) is 2.92. The second kappa shape index (κ2) is 7.12. The first-order valence-electron chi connectivity index (χ1n) is 6.21. The van der Waals surface area contributed by atoms with Gasteiger partial charge in [0.15, 0.2) is 0 Å². The summed E-state index contributed by atoms with van der Waals surface area (Å²) in [6, 6.07) is 19.7. The van der Waals surface area contributed by atoms with E-state index in [0.717, 1.165) is 5.56 Å². The minimum absolute atomic E-state index is 0.141. The van der Waals surface area contributed by atoms with Crippen LogP contribution >= 0.6 is 11.8 Å². The Morgan fingerprint density at radius 3 is 2.21 bits per heavy atom. The summed E-state index contributed by atoms with van der Waals surface area (Å²) >= 11 is 1.26. The van der Waals surface area contributed by atoms with Crippen molar-refractivity contribution in [2.75, 3.05) is 6.26 Å². The largest absolute Gasteiger partial charge is 0.299 e. The molecule has 0 saturated carbocycles. The summed E-state index contributed by atoms with van der Waals surface area (Å²) in [4.78, 5) is 12.0. The Labute approximate surface area is 118 Å². The van der Waals surface area contributed by atoms with E-state index < -0.39 is 0 Å². The molecule has 1 N–H and O–H groups in total. The van der Waals surface area contributed by atoms with E-state index in [4.69, 9.17) is 0 Å². The van der Waals surface area contributed by atoms with Crippen LogP contribution in [0.2, 0.25) is 0 Å². The Kier molecular flexibility index (Phi) is 5.19. The van der Waals surface area contributed by atoms with Gasteiger partial charge in [-0.3, -0.25) is 10.1 Å². The number of benzene rings is 2. The van der Waals surface area contributed by atoms with E-state index in [-0.39, 0.29) is 11.2 Å². The maximum absolute atomic E-state index is 12.0. The van der Waals surface area contributed by atoms with Crippen molar-refractivity contribution in [1.29, 1.82) is 0 Å². The fourth-order valence-electron chi connectivity index (χ4n) is 1.92. The van der Waals surface area contributed by atoms with Gasteiger partial charge < -0.3 is 0 Å². The Bertz CT molecular complexity index is 513. The maximum Gasteiger partial charge on any atom is 0.210 e. The Hall–Kier alpha value is -1.58. The van der Waals surface area contributed by atoms with Crippen LogP contribution in [0.5, 0.6) is 0 Å². The third kappa shape index (κ3) is 3.94. The fraction of sp³-hybridized carbons (Fsp3) is 0.188. The summed E-state index contributed by atoms with van der Waals surface area (Å²) in [7, 11) is 0. The molecule has 1 unspecified atom stereocenters. The van der Waals surface area contributed by atoms with Gasteiger partial charge in [0.1, 0.15) is 6.04 Å². The van der Waals surface area contributed by atoms with Crippen molar-refractivity contribution in [1.82, 2.24) is 5.32 Å². The number of hydrogen-bond donors (Lipinski definition) is 1. The van der Waals surface area contributed by atoms with E-state index in [1.54, 1.807) is 0 Å². The number of thioether (sulfide) groups is 1. The van der Waals surface area contributed by atoms with Crippen LogP contribution in [-0.2, 0) is 11.3 Å². The molecule has 1 atom stereocenters. The van der Waals surface area contributed by atoms with Crippen LogP contribution in [0.25, 0.3) is 0 Å². The summed E-state index contributed by atoms with van der Waals surface area (Å²) in [6.45, 7) is 0.687. The number of carbonyl (C=O) groups excluding carboxylic acids is 1. The van der Waals surface area contributed by atoms with Gasteiger partial charge in [-0.2, -0.15) is 0 Å². The summed E-state index contributed by atoms with van der Waals surface area (Å²) in [5.41, 5.74) is 2.19. The molecule has 2 aromatic carbocycles. The predicted molar refractivity (Wildman–Crippen MR) is 81.0 cm³/mol. The SMILES string of the molecule is CSC(=O)C(NCc1ccccc1)c1ccccc1. The highest BCUT2D eigenvalue weighted by molar-refractivity contribution is 8.13. The smallest absolute Gasteiger partial charge is 0.210 e. The highest BCUT2D eigenvalue weighted by atomic mass is 32.2. The van der Waals surface area contributed by atoms with Gasteiger partial charge in [0.05, 0.1) is 0 Å². The van der Waals surface area contributed by atoms with Crippen molar-refractivity contribution in [3.8, 4) is 0 Å². The molecule has 19 heavy (non-hydrogen) atoms. The molecule has 0 spiro atoms. The lowest BCUT2D eigenvalue weighted by Gasteiger charge is -2.17. The van der Waals surface area contributed by atoms with Crippen molar-refractivity contribution in [3.05, 3.63) is 71.8 Å². The lowest BCUT2D eigenvalue weighted by Crippen LogP contribution is -2.26. The van der Waals surface area contributed by atoms with Gasteiger partial charge in [0.25, 0.3) is 0 Å². The number of nitrogens with one attached hydrogen (secondary N) is 1. The Morgan fingerprint density at radius 1 is 1.05 bits per heavy atom. The second-order valence-electron chi connectivity index (χ2n) is 4.23. The molecule has 0 radical (unpaired) electrons. The molecule has 0 aromatic heterocycles. The quantitative estimate of drug-likeness (QED) is 0.903. The Balaban J connectivity index is 2.09. The number of rotatable bonds is 5. The first-order chi connectivity index (χ1) is 9.31. The molecule has 0 amide bonds. The molecule has 2 aromatic rings. The van der Waals surface area contributed by atoms with Crippen LogP contribution in [0, 0.1) is 0 Å². The minimum Gasteiger partial charge on any atom is -0.299 e. The van der Waals surface area contributed by atoms with E-state index in [2.05, 4.69) is 17.4 Å². The molecule has 98 valence electrons. The highest BCUT2D eigenvalue weighted by Gasteiger charge is 2.18. The lowest BCUT2D eigenvalue weighted by molar-refractivity contribution is -0.112. The van der Waals surface area contributed by atoms with Crippen molar-refractivity contribution in [2.45, 2.75) is 12.6 Å². The lowest BCUT2D eigenvalue weighted by atomic mass is 10.1.